The van der Waals surface area contributed by atoms with Crippen molar-refractivity contribution in [3.63, 3.8) is 0 Å². The average Bonchev–Trinajstić information content (AvgIpc) is 2.46. The number of halogens is 3. The van der Waals surface area contributed by atoms with Crippen LogP contribution in [0.25, 0.3) is 0 Å². The second-order valence-electron chi connectivity index (χ2n) is 3.93. The van der Waals surface area contributed by atoms with Crippen molar-refractivity contribution in [3.8, 4) is 6.07 Å². The standard InChI is InChI=1S/C12H9F3N6/c13-12(14,15)8-1-2-9(7(3-8)5-16)20-10-4-11(21-17)19-6-18-10/h1-4,6H,17H2,(H2,18,19,20,21). The number of alkyl halides is 3. The topological polar surface area (TPSA) is 99.7 Å². The molecule has 4 N–H and O–H groups in total. The van der Waals surface area contributed by atoms with Crippen LogP contribution in [0, 0.1) is 11.3 Å². The lowest BCUT2D eigenvalue weighted by Gasteiger charge is -2.11. The lowest BCUT2D eigenvalue weighted by Crippen LogP contribution is -2.09. The Morgan fingerprint density at radius 2 is 1.86 bits per heavy atom. The van der Waals surface area contributed by atoms with Gasteiger partial charge in [0.05, 0.1) is 16.8 Å². The van der Waals surface area contributed by atoms with Crippen molar-refractivity contribution in [2.75, 3.05) is 10.7 Å². The van der Waals surface area contributed by atoms with Crippen LogP contribution < -0.4 is 16.6 Å². The van der Waals surface area contributed by atoms with Crippen molar-refractivity contribution in [2.45, 2.75) is 6.18 Å². The Bertz CT molecular complexity index is 692. The number of nitrogens with zero attached hydrogens (tertiary/aromatic N) is 3. The van der Waals surface area contributed by atoms with Crippen LogP contribution in [0.5, 0.6) is 0 Å². The number of hydrogen-bond acceptors (Lipinski definition) is 6. The van der Waals surface area contributed by atoms with Gasteiger partial charge in [0.2, 0.25) is 0 Å². The summed E-state index contributed by atoms with van der Waals surface area (Å²) in [5.74, 6) is 5.79. The van der Waals surface area contributed by atoms with Crippen LogP contribution >= 0.6 is 0 Å². The van der Waals surface area contributed by atoms with Crippen molar-refractivity contribution >= 4 is 17.3 Å². The molecule has 0 fully saturated rings. The predicted molar refractivity (Wildman–Crippen MR) is 69.3 cm³/mol. The summed E-state index contributed by atoms with van der Waals surface area (Å²) in [5, 5.41) is 11.7. The number of anilines is 3. The van der Waals surface area contributed by atoms with E-state index in [1.54, 1.807) is 6.07 Å². The number of nitrogens with two attached hydrogens (primary N) is 1. The first-order valence-corrected chi connectivity index (χ1v) is 5.61. The molecule has 0 saturated carbocycles. The van der Waals surface area contributed by atoms with Gasteiger partial charge < -0.3 is 10.7 Å². The fourth-order valence-electron chi connectivity index (χ4n) is 1.56. The summed E-state index contributed by atoms with van der Waals surface area (Å²) < 4.78 is 37.8. The molecule has 0 unspecified atom stereocenters. The minimum absolute atomic E-state index is 0.148. The SMILES string of the molecule is N#Cc1cc(C(F)(F)F)ccc1Nc1cc(NN)ncn1. The van der Waals surface area contributed by atoms with E-state index in [1.807, 2.05) is 0 Å². The molecule has 9 heteroatoms. The van der Waals surface area contributed by atoms with Crippen molar-refractivity contribution in [1.82, 2.24) is 9.97 Å². The summed E-state index contributed by atoms with van der Waals surface area (Å²) in [6, 6.07) is 5.97. The molecule has 0 saturated heterocycles. The summed E-state index contributed by atoms with van der Waals surface area (Å²) in [6.07, 6.45) is -3.29. The van der Waals surface area contributed by atoms with Crippen LogP contribution in [0.3, 0.4) is 0 Å². The molecule has 0 bridgehead atoms. The second kappa shape index (κ2) is 5.64. The minimum Gasteiger partial charge on any atom is -0.339 e. The number of nitrogen functional groups attached to an aromatic ring is 1. The smallest absolute Gasteiger partial charge is 0.339 e. The molecule has 0 spiro atoms. The molecule has 2 aromatic rings. The summed E-state index contributed by atoms with van der Waals surface area (Å²) in [4.78, 5) is 7.67. The number of aromatic nitrogens is 2. The highest BCUT2D eigenvalue weighted by Crippen LogP contribution is 2.32. The van der Waals surface area contributed by atoms with Crippen molar-refractivity contribution in [3.05, 3.63) is 41.7 Å². The number of rotatable bonds is 3. The Kier molecular flexibility index (Phi) is 3.91. The van der Waals surface area contributed by atoms with E-state index in [9.17, 15) is 13.2 Å². The summed E-state index contributed by atoms with van der Waals surface area (Å²) in [5.41, 5.74) is 1.47. The Morgan fingerprint density at radius 1 is 1.14 bits per heavy atom. The number of nitriles is 1. The fourth-order valence-corrected chi connectivity index (χ4v) is 1.56. The van der Waals surface area contributed by atoms with Crippen LogP contribution in [-0.4, -0.2) is 9.97 Å². The Labute approximate surface area is 117 Å². The number of nitrogens with one attached hydrogen (secondary N) is 2. The van der Waals surface area contributed by atoms with Gasteiger partial charge in [-0.15, -0.1) is 0 Å². The molecule has 0 aliphatic rings. The van der Waals surface area contributed by atoms with Crippen molar-refractivity contribution in [2.24, 2.45) is 5.84 Å². The van der Waals surface area contributed by atoms with E-state index >= 15 is 0 Å². The van der Waals surface area contributed by atoms with Crippen LogP contribution in [0.4, 0.5) is 30.5 Å². The van der Waals surface area contributed by atoms with Gasteiger partial charge in [-0.2, -0.15) is 18.4 Å². The van der Waals surface area contributed by atoms with Gasteiger partial charge >= 0.3 is 6.18 Å². The molecular weight excluding hydrogens is 285 g/mol. The van der Waals surface area contributed by atoms with E-state index in [4.69, 9.17) is 11.1 Å². The number of benzene rings is 1. The zero-order valence-electron chi connectivity index (χ0n) is 10.4. The molecule has 1 aromatic heterocycles. The van der Waals surface area contributed by atoms with Gasteiger partial charge in [-0.3, -0.25) is 0 Å². The molecule has 1 heterocycles. The normalized spacial score (nSPS) is 10.8. The molecule has 0 aliphatic heterocycles. The first kappa shape index (κ1) is 14.5. The molecule has 108 valence electrons. The van der Waals surface area contributed by atoms with Crippen molar-refractivity contribution in [1.29, 1.82) is 5.26 Å². The van der Waals surface area contributed by atoms with Crippen molar-refractivity contribution < 1.29 is 13.2 Å². The Balaban J connectivity index is 2.34. The van der Waals surface area contributed by atoms with E-state index in [-0.39, 0.29) is 17.1 Å². The van der Waals surface area contributed by atoms with Gasteiger partial charge in [0.15, 0.2) is 0 Å². The predicted octanol–water partition coefficient (Wildman–Crippen LogP) is 2.40. The van der Waals surface area contributed by atoms with Crippen LogP contribution in [-0.2, 0) is 6.18 Å². The van der Waals surface area contributed by atoms with Gasteiger partial charge in [-0.05, 0) is 18.2 Å². The highest BCUT2D eigenvalue weighted by molar-refractivity contribution is 5.66. The van der Waals surface area contributed by atoms with Gasteiger partial charge in [0, 0.05) is 6.07 Å². The van der Waals surface area contributed by atoms with Gasteiger partial charge in [0.1, 0.15) is 24.0 Å². The summed E-state index contributed by atoms with van der Waals surface area (Å²) >= 11 is 0. The zero-order valence-corrected chi connectivity index (χ0v) is 10.4. The van der Waals surface area contributed by atoms with Crippen LogP contribution in [0.15, 0.2) is 30.6 Å². The first-order valence-electron chi connectivity index (χ1n) is 5.61. The maximum absolute atomic E-state index is 12.6. The average molecular weight is 294 g/mol. The summed E-state index contributed by atoms with van der Waals surface area (Å²) in [6.45, 7) is 0. The zero-order chi connectivity index (χ0) is 15.5. The second-order valence-corrected chi connectivity index (χ2v) is 3.93. The van der Waals surface area contributed by atoms with E-state index in [0.717, 1.165) is 12.1 Å². The summed E-state index contributed by atoms with van der Waals surface area (Å²) in [7, 11) is 0. The molecule has 1 aromatic carbocycles. The van der Waals surface area contributed by atoms with E-state index in [1.165, 1.54) is 18.5 Å². The van der Waals surface area contributed by atoms with E-state index < -0.39 is 11.7 Å². The monoisotopic (exact) mass is 294 g/mol. The molecular formula is C12H9F3N6. The lowest BCUT2D eigenvalue weighted by molar-refractivity contribution is -0.137. The third-order valence-electron chi connectivity index (χ3n) is 2.55. The molecule has 6 nitrogen and oxygen atoms in total. The third-order valence-corrected chi connectivity index (χ3v) is 2.55. The molecule has 0 aliphatic carbocycles. The van der Waals surface area contributed by atoms with Gasteiger partial charge in [-0.1, -0.05) is 0 Å². The van der Waals surface area contributed by atoms with Gasteiger partial charge in [0.25, 0.3) is 0 Å². The highest BCUT2D eigenvalue weighted by atomic mass is 19.4. The van der Waals surface area contributed by atoms with Crippen LogP contribution in [0.2, 0.25) is 0 Å². The first-order chi connectivity index (χ1) is 9.94. The maximum Gasteiger partial charge on any atom is 0.416 e. The molecule has 21 heavy (non-hydrogen) atoms. The Morgan fingerprint density at radius 3 is 2.48 bits per heavy atom. The number of hydrazine groups is 1. The number of hydrogen-bond donors (Lipinski definition) is 3. The highest BCUT2D eigenvalue weighted by Gasteiger charge is 2.31. The largest absolute Gasteiger partial charge is 0.416 e. The Hall–Kier alpha value is -2.86. The van der Waals surface area contributed by atoms with Gasteiger partial charge in [-0.25, -0.2) is 15.8 Å². The van der Waals surface area contributed by atoms with Crippen LogP contribution in [0.1, 0.15) is 11.1 Å². The molecule has 0 atom stereocenters. The van der Waals surface area contributed by atoms with E-state index in [0.29, 0.717) is 5.82 Å². The van der Waals surface area contributed by atoms with E-state index in [2.05, 4.69) is 20.7 Å². The third kappa shape index (κ3) is 3.37. The molecule has 0 amide bonds. The molecule has 0 radical (unpaired) electrons. The maximum atomic E-state index is 12.6. The molecule has 2 rings (SSSR count). The quantitative estimate of drug-likeness (QED) is 0.593. The fraction of sp³-hybridized carbons (Fsp3) is 0.0833. The minimum atomic E-state index is -4.50. The lowest BCUT2D eigenvalue weighted by atomic mass is 10.1.